The van der Waals surface area contributed by atoms with Gasteiger partial charge in [-0.05, 0) is 0 Å². The fourth-order valence-corrected chi connectivity index (χ4v) is 0.661. The third kappa shape index (κ3) is 1.36. The van der Waals surface area contributed by atoms with Gasteiger partial charge in [0.2, 0.25) is 0 Å². The van der Waals surface area contributed by atoms with Crippen LogP contribution in [0.15, 0.2) is 6.07 Å². The first-order chi connectivity index (χ1) is 4.74. The van der Waals surface area contributed by atoms with Gasteiger partial charge < -0.3 is 0 Å². The van der Waals surface area contributed by atoms with Crippen LogP contribution < -0.4 is 0 Å². The summed E-state index contributed by atoms with van der Waals surface area (Å²) in [7, 11) is 5.58. The van der Waals surface area contributed by atoms with E-state index in [1.807, 2.05) is 7.85 Å². The molecule has 0 aromatic carbocycles. The van der Waals surface area contributed by atoms with E-state index < -0.39 is 0 Å². The molecule has 0 aliphatic carbocycles. The van der Waals surface area contributed by atoms with Crippen molar-refractivity contribution < 1.29 is 5.11 Å². The van der Waals surface area contributed by atoms with Gasteiger partial charge in [-0.25, -0.2) is 0 Å². The number of hydrogen-bond donors (Lipinski definition) is 2. The van der Waals surface area contributed by atoms with E-state index in [2.05, 4.69) is 17.7 Å². The second-order valence-electron chi connectivity index (χ2n) is 2.22. The molecule has 0 bridgehead atoms. The number of aromatic amines is 1. The van der Waals surface area contributed by atoms with Crippen LogP contribution in [-0.4, -0.2) is 36.0 Å². The van der Waals surface area contributed by atoms with E-state index >= 15 is 0 Å². The molecule has 5 heteroatoms. The molecule has 0 saturated heterocycles. The molecule has 0 atom stereocenters. The van der Waals surface area contributed by atoms with Gasteiger partial charge in [0.15, 0.2) is 0 Å². The van der Waals surface area contributed by atoms with Crippen molar-refractivity contribution in [1.29, 1.82) is 0 Å². The number of hydrogen-bond acceptors (Lipinski definition) is 2. The molecule has 0 aliphatic heterocycles. The average molecular weight is 134 g/mol. The Balaban J connectivity index is 2.88. The molecule has 1 aromatic heterocycles. The molecule has 0 spiro atoms. The van der Waals surface area contributed by atoms with Gasteiger partial charge in [0, 0.05) is 0 Å². The van der Waals surface area contributed by atoms with Gasteiger partial charge in [-0.3, -0.25) is 0 Å². The summed E-state index contributed by atoms with van der Waals surface area (Å²) in [5.41, 5.74) is 1.53. The van der Waals surface area contributed by atoms with Crippen molar-refractivity contribution >= 4 is 20.7 Å². The average Bonchev–Trinajstić information content (AvgIpc) is 2.34. The van der Waals surface area contributed by atoms with Crippen molar-refractivity contribution in [3.8, 4) is 0 Å². The van der Waals surface area contributed by atoms with Crippen molar-refractivity contribution in [2.24, 2.45) is 0 Å². The quantitative estimate of drug-likeness (QED) is 0.455. The van der Waals surface area contributed by atoms with E-state index in [9.17, 15) is 0 Å². The third-order valence-corrected chi connectivity index (χ3v) is 1.24. The zero-order valence-corrected chi connectivity index (χ0v) is 5.89. The molecule has 2 N–H and O–H groups in total. The van der Waals surface area contributed by atoms with Gasteiger partial charge in [-0.15, -0.1) is 0 Å². The van der Waals surface area contributed by atoms with Gasteiger partial charge in [0.05, 0.1) is 0 Å². The molecular weight excluding hydrogens is 126 g/mol. The molecule has 10 heavy (non-hydrogen) atoms. The number of rotatable bonds is 2. The zero-order valence-electron chi connectivity index (χ0n) is 5.89. The van der Waals surface area contributed by atoms with E-state index in [0.29, 0.717) is 0 Å². The Morgan fingerprint density at radius 2 is 2.60 bits per heavy atom. The number of nitrogens with one attached hydrogen (secondary N) is 1. The maximum absolute atomic E-state index is 8.63. The summed E-state index contributed by atoms with van der Waals surface area (Å²) in [6.07, 6.45) is 0. The standard InChI is InChI=1S/C5H8B2N2O/c6-5(7)4-1-3(2-10)8-9-4/h1,6,10H,2,7H2,(H,8,9). The molecule has 0 unspecified atom stereocenters. The van der Waals surface area contributed by atoms with Crippen LogP contribution in [0.25, 0.3) is 0 Å². The van der Waals surface area contributed by atoms with Gasteiger partial charge in [-0.1, -0.05) is 0 Å². The van der Waals surface area contributed by atoms with Crippen molar-refractivity contribution in [2.45, 2.75) is 6.61 Å². The van der Waals surface area contributed by atoms with Crippen molar-refractivity contribution in [2.75, 3.05) is 0 Å². The Morgan fingerprint density at radius 3 is 2.90 bits per heavy atom. The van der Waals surface area contributed by atoms with Crippen LogP contribution in [0.3, 0.4) is 0 Å². The molecule has 0 radical (unpaired) electrons. The third-order valence-electron chi connectivity index (χ3n) is 1.24. The fourth-order valence-electron chi connectivity index (χ4n) is 0.661. The summed E-state index contributed by atoms with van der Waals surface area (Å²) >= 11 is 0. The minimum atomic E-state index is 0.000278. The van der Waals surface area contributed by atoms with Crippen LogP contribution in [0.5, 0.6) is 0 Å². The Morgan fingerprint density at radius 1 is 1.90 bits per heavy atom. The second kappa shape index (κ2) is 2.84. The normalized spacial score (nSPS) is 9.60. The Labute approximate surface area is 60.9 Å². The van der Waals surface area contributed by atoms with Gasteiger partial charge in [0.25, 0.3) is 0 Å². The number of aliphatic hydroxyl groups is 1. The van der Waals surface area contributed by atoms with E-state index in [4.69, 9.17) is 5.11 Å². The van der Waals surface area contributed by atoms with Crippen LogP contribution in [0.1, 0.15) is 11.4 Å². The van der Waals surface area contributed by atoms with Crippen LogP contribution in [0.4, 0.5) is 0 Å². The van der Waals surface area contributed by atoms with Crippen molar-refractivity contribution in [3.05, 3.63) is 17.5 Å². The van der Waals surface area contributed by atoms with Gasteiger partial charge >= 0.3 is 60.1 Å². The monoisotopic (exact) mass is 134 g/mol. The van der Waals surface area contributed by atoms with E-state index in [1.54, 1.807) is 6.07 Å². The summed E-state index contributed by atoms with van der Waals surface area (Å²) in [6.45, 7) is 0.000278. The number of aromatic nitrogens is 2. The predicted molar refractivity (Wildman–Crippen MR) is 44.3 cm³/mol. The molecule has 0 amide bonds. The maximum atomic E-state index is 8.63. The minimum absolute atomic E-state index is 0.000278. The molecule has 0 aliphatic rings. The van der Waals surface area contributed by atoms with Crippen LogP contribution in [-0.2, 0) is 6.61 Å². The second-order valence-corrected chi connectivity index (χ2v) is 2.22. The summed E-state index contributed by atoms with van der Waals surface area (Å²) < 4.78 is 0. The zero-order chi connectivity index (χ0) is 7.56. The Hall–Kier alpha value is -0.830. The first-order valence-corrected chi connectivity index (χ1v) is 3.05. The van der Waals surface area contributed by atoms with Crippen molar-refractivity contribution in [3.63, 3.8) is 0 Å². The first kappa shape index (κ1) is 7.28. The van der Waals surface area contributed by atoms with Crippen LogP contribution in [0.2, 0.25) is 0 Å². The molecule has 3 nitrogen and oxygen atoms in total. The summed E-state index contributed by atoms with van der Waals surface area (Å²) in [5, 5.41) is 16.1. The van der Waals surface area contributed by atoms with Crippen LogP contribution in [0, 0.1) is 0 Å². The predicted octanol–water partition coefficient (Wildman–Crippen LogP) is -2.09. The Bertz CT molecular complexity index is 246. The number of H-pyrrole nitrogens is 1. The fraction of sp³-hybridized carbons (Fsp3) is 0.200. The van der Waals surface area contributed by atoms with Gasteiger partial charge in [-0.2, -0.15) is 0 Å². The van der Waals surface area contributed by atoms with Crippen molar-refractivity contribution in [1.82, 2.24) is 10.2 Å². The first-order valence-electron chi connectivity index (χ1n) is 3.05. The molecular formula is C5H8B2N2O. The van der Waals surface area contributed by atoms with Gasteiger partial charge in [0.1, 0.15) is 0 Å². The molecule has 0 fully saturated rings. The van der Waals surface area contributed by atoms with Crippen LogP contribution >= 0.6 is 0 Å². The van der Waals surface area contributed by atoms with E-state index in [0.717, 1.165) is 16.8 Å². The molecule has 1 rings (SSSR count). The molecule has 0 saturated carbocycles. The van der Waals surface area contributed by atoms with E-state index in [1.165, 1.54) is 0 Å². The topological polar surface area (TPSA) is 48.9 Å². The summed E-state index contributed by atoms with van der Waals surface area (Å²) in [6, 6.07) is 1.78. The number of nitrogens with zero attached hydrogens (tertiary/aromatic N) is 1. The summed E-state index contributed by atoms with van der Waals surface area (Å²) in [5.74, 6) is 0. The summed E-state index contributed by atoms with van der Waals surface area (Å²) in [4.78, 5) is 0. The Kier molecular flexibility index (Phi) is 2.06. The SMILES string of the molecule is B=C(B)c1cc(CO)[nH]n1. The number of aliphatic hydroxyl groups excluding tert-OH is 1. The molecule has 1 heterocycles. The molecule has 1 aromatic rings. The molecule has 50 valence electrons. The van der Waals surface area contributed by atoms with E-state index in [-0.39, 0.29) is 6.61 Å².